The van der Waals surface area contributed by atoms with Crippen molar-refractivity contribution in [1.82, 2.24) is 10.0 Å². The fraction of sp³-hybridized carbons (Fsp3) is 0.333. The number of rotatable bonds is 11. The summed E-state index contributed by atoms with van der Waals surface area (Å²) in [6.45, 7) is 0.946. The molecular formula is C21H26N2O8S. The third-order valence-electron chi connectivity index (χ3n) is 4.34. The highest BCUT2D eigenvalue weighted by molar-refractivity contribution is 7.89. The number of ether oxygens (including phenoxy) is 4. The van der Waals surface area contributed by atoms with Crippen LogP contribution in [0.25, 0.3) is 0 Å². The second-order valence-electron chi connectivity index (χ2n) is 6.59. The van der Waals surface area contributed by atoms with Gasteiger partial charge in [0.25, 0.3) is 5.91 Å². The Kier molecular flexibility index (Phi) is 8.85. The monoisotopic (exact) mass is 466 g/mol. The van der Waals surface area contributed by atoms with Gasteiger partial charge < -0.3 is 24.3 Å². The fourth-order valence-electron chi connectivity index (χ4n) is 2.61. The first-order valence-corrected chi connectivity index (χ1v) is 11.0. The maximum absolute atomic E-state index is 12.4. The second kappa shape index (κ2) is 11.3. The van der Waals surface area contributed by atoms with Gasteiger partial charge in [-0.15, -0.1) is 0 Å². The molecule has 2 rings (SSSR count). The Bertz CT molecular complexity index is 1040. The molecule has 2 aromatic rings. The zero-order valence-corrected chi connectivity index (χ0v) is 19.0. The molecule has 0 fully saturated rings. The average Bonchev–Trinajstić information content (AvgIpc) is 2.80. The van der Waals surface area contributed by atoms with Crippen molar-refractivity contribution in [3.05, 3.63) is 48.0 Å². The zero-order valence-electron chi connectivity index (χ0n) is 18.2. The first kappa shape index (κ1) is 25.0. The van der Waals surface area contributed by atoms with Crippen LogP contribution >= 0.6 is 0 Å². The highest BCUT2D eigenvalue weighted by Gasteiger charge is 2.23. The standard InChI is InChI=1S/C21H26N2O8S/c1-14(23-32(26,27)17-8-6-16(28-2)7-9-17)21(25)31-13-20(24)22-12-15-5-10-18(29-3)19(11-15)30-4/h5-11,14,23H,12-13H2,1-4H3,(H,22,24). The molecule has 0 saturated heterocycles. The van der Waals surface area contributed by atoms with Gasteiger partial charge in [-0.05, 0) is 48.9 Å². The maximum Gasteiger partial charge on any atom is 0.324 e. The van der Waals surface area contributed by atoms with Gasteiger partial charge in [0, 0.05) is 6.54 Å². The number of amides is 1. The minimum atomic E-state index is -3.96. The Balaban J connectivity index is 1.83. The van der Waals surface area contributed by atoms with Crippen molar-refractivity contribution < 1.29 is 37.0 Å². The molecular weight excluding hydrogens is 440 g/mol. The Morgan fingerprint density at radius 2 is 1.59 bits per heavy atom. The minimum absolute atomic E-state index is 0.0365. The molecule has 10 nitrogen and oxygen atoms in total. The average molecular weight is 467 g/mol. The summed E-state index contributed by atoms with van der Waals surface area (Å²) in [6, 6.07) is 9.64. The van der Waals surface area contributed by atoms with Crippen molar-refractivity contribution in [2.24, 2.45) is 0 Å². The SMILES string of the molecule is COc1ccc(S(=O)(=O)NC(C)C(=O)OCC(=O)NCc2ccc(OC)c(OC)c2)cc1. The van der Waals surface area contributed by atoms with E-state index in [9.17, 15) is 18.0 Å². The van der Waals surface area contributed by atoms with Gasteiger partial charge in [-0.25, -0.2) is 8.42 Å². The van der Waals surface area contributed by atoms with Crippen LogP contribution in [-0.4, -0.2) is 54.3 Å². The lowest BCUT2D eigenvalue weighted by Crippen LogP contribution is -2.40. The normalized spacial score (nSPS) is 11.9. The fourth-order valence-corrected chi connectivity index (χ4v) is 3.80. The van der Waals surface area contributed by atoms with E-state index in [1.165, 1.54) is 52.5 Å². The predicted octanol–water partition coefficient (Wildman–Crippen LogP) is 1.24. The number of carbonyl (C=O) groups is 2. The van der Waals surface area contributed by atoms with E-state index in [4.69, 9.17) is 18.9 Å². The van der Waals surface area contributed by atoms with E-state index >= 15 is 0 Å². The summed E-state index contributed by atoms with van der Waals surface area (Å²) in [5.41, 5.74) is 0.753. The molecule has 2 aromatic carbocycles. The summed E-state index contributed by atoms with van der Waals surface area (Å²) in [6.07, 6.45) is 0. The molecule has 0 spiro atoms. The number of carbonyl (C=O) groups excluding carboxylic acids is 2. The summed E-state index contributed by atoms with van der Waals surface area (Å²) in [7, 11) is 0.530. The molecule has 174 valence electrons. The molecule has 0 radical (unpaired) electrons. The summed E-state index contributed by atoms with van der Waals surface area (Å²) in [5, 5.41) is 2.60. The van der Waals surface area contributed by atoms with Crippen molar-refractivity contribution in [2.75, 3.05) is 27.9 Å². The lowest BCUT2D eigenvalue weighted by atomic mass is 10.2. The Labute approximate surface area is 186 Å². The molecule has 11 heteroatoms. The van der Waals surface area contributed by atoms with Crippen LogP contribution in [0.15, 0.2) is 47.4 Å². The van der Waals surface area contributed by atoms with E-state index in [1.807, 2.05) is 0 Å². The number of hydrogen-bond acceptors (Lipinski definition) is 8. The van der Waals surface area contributed by atoms with Crippen molar-refractivity contribution in [3.63, 3.8) is 0 Å². The third kappa shape index (κ3) is 6.86. The van der Waals surface area contributed by atoms with Gasteiger partial charge in [-0.1, -0.05) is 6.07 Å². The number of hydrogen-bond donors (Lipinski definition) is 2. The van der Waals surface area contributed by atoms with E-state index in [0.717, 1.165) is 5.56 Å². The van der Waals surface area contributed by atoms with Crippen molar-refractivity contribution in [1.29, 1.82) is 0 Å². The molecule has 1 unspecified atom stereocenters. The molecule has 0 aliphatic carbocycles. The maximum atomic E-state index is 12.4. The summed E-state index contributed by atoms with van der Waals surface area (Å²) in [4.78, 5) is 24.1. The second-order valence-corrected chi connectivity index (χ2v) is 8.31. The molecule has 0 aromatic heterocycles. The van der Waals surface area contributed by atoms with Gasteiger partial charge in [0.05, 0.1) is 26.2 Å². The van der Waals surface area contributed by atoms with Crippen LogP contribution in [0, 0.1) is 0 Å². The van der Waals surface area contributed by atoms with Crippen molar-refractivity contribution in [3.8, 4) is 17.2 Å². The van der Waals surface area contributed by atoms with Crippen LogP contribution in [-0.2, 0) is 30.9 Å². The molecule has 2 N–H and O–H groups in total. The zero-order chi connectivity index (χ0) is 23.7. The van der Waals surface area contributed by atoms with Crippen LogP contribution in [0.4, 0.5) is 0 Å². The van der Waals surface area contributed by atoms with Gasteiger partial charge in [0.2, 0.25) is 10.0 Å². The van der Waals surface area contributed by atoms with E-state index in [2.05, 4.69) is 10.0 Å². The van der Waals surface area contributed by atoms with Gasteiger partial charge in [0.1, 0.15) is 11.8 Å². The van der Waals surface area contributed by atoms with Gasteiger partial charge in [-0.3, -0.25) is 9.59 Å². The lowest BCUT2D eigenvalue weighted by Gasteiger charge is -2.14. The van der Waals surface area contributed by atoms with Gasteiger partial charge in [-0.2, -0.15) is 4.72 Å². The minimum Gasteiger partial charge on any atom is -0.497 e. The molecule has 0 aliphatic heterocycles. The molecule has 0 bridgehead atoms. The first-order valence-electron chi connectivity index (χ1n) is 9.50. The summed E-state index contributed by atoms with van der Waals surface area (Å²) < 4.78 is 47.2. The number of esters is 1. The number of benzene rings is 2. The Morgan fingerprint density at radius 3 is 2.19 bits per heavy atom. The number of methoxy groups -OCH3 is 3. The third-order valence-corrected chi connectivity index (χ3v) is 5.89. The van der Waals surface area contributed by atoms with E-state index in [-0.39, 0.29) is 11.4 Å². The van der Waals surface area contributed by atoms with Gasteiger partial charge in [0.15, 0.2) is 18.1 Å². The highest BCUT2D eigenvalue weighted by atomic mass is 32.2. The highest BCUT2D eigenvalue weighted by Crippen LogP contribution is 2.27. The molecule has 0 heterocycles. The quantitative estimate of drug-likeness (QED) is 0.473. The molecule has 1 atom stereocenters. The van der Waals surface area contributed by atoms with Crippen molar-refractivity contribution >= 4 is 21.9 Å². The molecule has 0 saturated carbocycles. The predicted molar refractivity (Wildman–Crippen MR) is 115 cm³/mol. The largest absolute Gasteiger partial charge is 0.497 e. The first-order chi connectivity index (χ1) is 15.2. The van der Waals surface area contributed by atoms with Crippen LogP contribution in [0.5, 0.6) is 17.2 Å². The smallest absolute Gasteiger partial charge is 0.324 e. The summed E-state index contributed by atoms with van der Waals surface area (Å²) in [5.74, 6) is 0.142. The Hall–Kier alpha value is -3.31. The molecule has 0 aliphatic rings. The van der Waals surface area contributed by atoms with E-state index in [1.54, 1.807) is 18.2 Å². The summed E-state index contributed by atoms with van der Waals surface area (Å²) >= 11 is 0. The number of nitrogens with one attached hydrogen (secondary N) is 2. The van der Waals surface area contributed by atoms with Crippen LogP contribution < -0.4 is 24.2 Å². The van der Waals surface area contributed by atoms with E-state index in [0.29, 0.717) is 17.2 Å². The lowest BCUT2D eigenvalue weighted by molar-refractivity contribution is -0.149. The van der Waals surface area contributed by atoms with Crippen molar-refractivity contribution in [2.45, 2.75) is 24.4 Å². The Morgan fingerprint density at radius 1 is 0.938 bits per heavy atom. The van der Waals surface area contributed by atoms with Crippen LogP contribution in [0.1, 0.15) is 12.5 Å². The van der Waals surface area contributed by atoms with E-state index < -0.39 is 34.5 Å². The van der Waals surface area contributed by atoms with Gasteiger partial charge >= 0.3 is 5.97 Å². The topological polar surface area (TPSA) is 129 Å². The number of sulfonamides is 1. The molecule has 32 heavy (non-hydrogen) atoms. The molecule has 1 amide bonds. The van der Waals surface area contributed by atoms with Crippen LogP contribution in [0.3, 0.4) is 0 Å². The van der Waals surface area contributed by atoms with Crippen LogP contribution in [0.2, 0.25) is 0 Å².